The van der Waals surface area contributed by atoms with Crippen LogP contribution in [0.4, 0.5) is 0 Å². The van der Waals surface area contributed by atoms with Crippen LogP contribution >= 0.6 is 0 Å². The molecular weight excluding hydrogens is 402 g/mol. The Kier molecular flexibility index (Phi) is 27.3. The van der Waals surface area contributed by atoms with Crippen molar-refractivity contribution in [1.82, 2.24) is 15.0 Å². The Bertz CT molecular complexity index is 718. The van der Waals surface area contributed by atoms with Crippen LogP contribution in [-0.2, 0) is 19.3 Å². The van der Waals surface area contributed by atoms with Gasteiger partial charge in [0, 0.05) is 35.2 Å². The summed E-state index contributed by atoms with van der Waals surface area (Å²) in [6.07, 6.45) is 6.96. The maximum absolute atomic E-state index is 4.29. The van der Waals surface area contributed by atoms with Gasteiger partial charge in [0.05, 0.1) is 0 Å². The lowest BCUT2D eigenvalue weighted by Crippen LogP contribution is -1.87. The molecule has 0 N–H and O–H groups in total. The van der Waals surface area contributed by atoms with Gasteiger partial charge in [-0.2, -0.15) is 0 Å². The molecule has 3 aromatic rings. The largest absolute Gasteiger partial charge is 0.261 e. The summed E-state index contributed by atoms with van der Waals surface area (Å²) in [4.78, 5) is 12.6. The van der Waals surface area contributed by atoms with Crippen LogP contribution < -0.4 is 0 Å². The minimum atomic E-state index is 1.03. The highest BCUT2D eigenvalue weighted by molar-refractivity contribution is 5.13. The molecule has 186 valence electrons. The summed E-state index contributed by atoms with van der Waals surface area (Å²) >= 11 is 0. The number of rotatable bonds is 3. The summed E-state index contributed by atoms with van der Waals surface area (Å²) in [6.45, 7) is 24.4. The molecule has 0 amide bonds. The van der Waals surface area contributed by atoms with Crippen LogP contribution in [0.2, 0.25) is 0 Å². The van der Waals surface area contributed by atoms with Crippen LogP contribution in [0.1, 0.15) is 96.2 Å². The van der Waals surface area contributed by atoms with Crippen LogP contribution in [0.25, 0.3) is 0 Å². The van der Waals surface area contributed by atoms with Gasteiger partial charge in [0.15, 0.2) is 0 Å². The molecule has 3 nitrogen and oxygen atoms in total. The van der Waals surface area contributed by atoms with Gasteiger partial charge in [-0.05, 0) is 75.4 Å². The number of hydrogen-bond acceptors (Lipinski definition) is 3. The average Bonchev–Trinajstić information content (AvgIpc) is 2.89. The maximum Gasteiger partial charge on any atom is 0.0404 e. The van der Waals surface area contributed by atoms with Crippen LogP contribution in [0.3, 0.4) is 0 Å². The van der Waals surface area contributed by atoms with Crippen LogP contribution in [0.15, 0.2) is 54.9 Å². The Labute approximate surface area is 206 Å². The summed E-state index contributed by atoms with van der Waals surface area (Å²) < 4.78 is 0. The minimum Gasteiger partial charge on any atom is -0.261 e. The van der Waals surface area contributed by atoms with Crippen molar-refractivity contribution >= 4 is 0 Å². The van der Waals surface area contributed by atoms with Gasteiger partial charge in [0.25, 0.3) is 0 Å². The van der Waals surface area contributed by atoms with E-state index in [1.807, 2.05) is 99.0 Å². The van der Waals surface area contributed by atoms with Gasteiger partial charge in [-0.25, -0.2) is 0 Å². The smallest absolute Gasteiger partial charge is 0.0404 e. The first kappa shape index (κ1) is 35.0. The number of pyridine rings is 3. The Morgan fingerprint density at radius 2 is 1.15 bits per heavy atom. The topological polar surface area (TPSA) is 38.7 Å². The van der Waals surface area contributed by atoms with Gasteiger partial charge < -0.3 is 0 Å². The summed E-state index contributed by atoms with van der Waals surface area (Å²) in [6, 6.07) is 14.4. The lowest BCUT2D eigenvalue weighted by molar-refractivity contribution is 1.01. The van der Waals surface area contributed by atoms with Gasteiger partial charge in [-0.3, -0.25) is 15.0 Å². The van der Waals surface area contributed by atoms with Crippen molar-refractivity contribution in [3.8, 4) is 0 Å². The molecule has 3 heterocycles. The molecule has 0 aliphatic carbocycles. The van der Waals surface area contributed by atoms with Crippen LogP contribution in [0, 0.1) is 20.8 Å². The molecule has 0 fully saturated rings. The van der Waals surface area contributed by atoms with Crippen molar-refractivity contribution in [1.29, 1.82) is 0 Å². The predicted octanol–water partition coefficient (Wildman–Crippen LogP) is 8.94. The first-order valence-electron chi connectivity index (χ1n) is 12.7. The molecular formula is C30H51N3. The lowest BCUT2D eigenvalue weighted by Gasteiger charge is -1.94. The zero-order valence-corrected chi connectivity index (χ0v) is 23.7. The Morgan fingerprint density at radius 1 is 0.545 bits per heavy atom. The summed E-state index contributed by atoms with van der Waals surface area (Å²) in [5.41, 5.74) is 7.07. The molecule has 0 spiro atoms. The standard InChI is InChI=1S/3C8H11N.3C2H6/c1-3-8-5-4-7(2)9-6-8;1-3-8-5-4-7(2)6-9-8;1-3-8-6-4-5-7(2)9-8;3*1-2/h3*4-6H,3H2,1-2H3;3*1-2H3. The van der Waals surface area contributed by atoms with Gasteiger partial charge >= 0.3 is 0 Å². The quantitative estimate of drug-likeness (QED) is 0.397. The van der Waals surface area contributed by atoms with E-state index >= 15 is 0 Å². The molecule has 0 saturated carbocycles. The molecule has 0 saturated heterocycles. The molecule has 33 heavy (non-hydrogen) atoms. The van der Waals surface area contributed by atoms with Crippen molar-refractivity contribution < 1.29 is 0 Å². The highest BCUT2D eigenvalue weighted by Crippen LogP contribution is 1.99. The van der Waals surface area contributed by atoms with E-state index in [4.69, 9.17) is 0 Å². The highest BCUT2D eigenvalue weighted by Gasteiger charge is 1.88. The zero-order valence-electron chi connectivity index (χ0n) is 23.7. The minimum absolute atomic E-state index is 1.03. The highest BCUT2D eigenvalue weighted by atomic mass is 14.7. The van der Waals surface area contributed by atoms with Gasteiger partial charge in [0.1, 0.15) is 0 Å². The zero-order chi connectivity index (χ0) is 26.1. The van der Waals surface area contributed by atoms with Crippen molar-refractivity contribution in [2.45, 2.75) is 102 Å². The maximum atomic E-state index is 4.29. The van der Waals surface area contributed by atoms with Crippen LogP contribution in [0.5, 0.6) is 0 Å². The lowest BCUT2D eigenvalue weighted by atomic mass is 10.2. The fourth-order valence-corrected chi connectivity index (χ4v) is 2.21. The monoisotopic (exact) mass is 453 g/mol. The molecule has 3 aromatic heterocycles. The molecule has 0 radical (unpaired) electrons. The number of nitrogens with zero attached hydrogens (tertiary/aromatic N) is 3. The molecule has 0 aliphatic heterocycles. The molecule has 0 unspecified atom stereocenters. The van der Waals surface area contributed by atoms with E-state index < -0.39 is 0 Å². The van der Waals surface area contributed by atoms with E-state index in [1.165, 1.54) is 22.5 Å². The normalized spacial score (nSPS) is 8.36. The summed E-state index contributed by atoms with van der Waals surface area (Å²) in [7, 11) is 0. The molecule has 0 aromatic carbocycles. The third-order valence-electron chi connectivity index (χ3n) is 4.02. The molecule has 0 aliphatic rings. The van der Waals surface area contributed by atoms with E-state index in [-0.39, 0.29) is 0 Å². The Morgan fingerprint density at radius 3 is 1.52 bits per heavy atom. The average molecular weight is 454 g/mol. The van der Waals surface area contributed by atoms with Crippen molar-refractivity contribution in [3.63, 3.8) is 0 Å². The fourth-order valence-electron chi connectivity index (χ4n) is 2.21. The third-order valence-corrected chi connectivity index (χ3v) is 4.02. The second-order valence-electron chi connectivity index (χ2n) is 6.47. The van der Waals surface area contributed by atoms with Crippen LogP contribution in [-0.4, -0.2) is 15.0 Å². The second-order valence-corrected chi connectivity index (χ2v) is 6.47. The fraction of sp³-hybridized carbons (Fsp3) is 0.500. The van der Waals surface area contributed by atoms with Crippen molar-refractivity contribution in [2.75, 3.05) is 0 Å². The van der Waals surface area contributed by atoms with Gasteiger partial charge in [-0.1, -0.05) is 80.5 Å². The Hall–Kier alpha value is -2.55. The van der Waals surface area contributed by atoms with E-state index in [0.717, 1.165) is 30.7 Å². The SMILES string of the molecule is CC.CC.CC.CCc1ccc(C)cn1.CCc1ccc(C)nc1.CCc1cccc(C)n1. The van der Waals surface area contributed by atoms with Gasteiger partial charge in [0.2, 0.25) is 0 Å². The molecule has 0 atom stereocenters. The number of aryl methyl sites for hydroxylation is 6. The molecule has 3 heteroatoms. The molecule has 0 bridgehead atoms. The summed E-state index contributed by atoms with van der Waals surface area (Å²) in [5.74, 6) is 0. The predicted molar refractivity (Wildman–Crippen MR) is 149 cm³/mol. The first-order valence-corrected chi connectivity index (χ1v) is 12.7. The number of aromatic nitrogens is 3. The van der Waals surface area contributed by atoms with Crippen molar-refractivity contribution in [2.24, 2.45) is 0 Å². The van der Waals surface area contributed by atoms with E-state index in [0.29, 0.717) is 0 Å². The molecule has 3 rings (SSSR count). The van der Waals surface area contributed by atoms with Crippen molar-refractivity contribution in [3.05, 3.63) is 88.8 Å². The third kappa shape index (κ3) is 19.8. The first-order chi connectivity index (χ1) is 16.0. The summed E-state index contributed by atoms with van der Waals surface area (Å²) in [5, 5.41) is 0. The van der Waals surface area contributed by atoms with E-state index in [2.05, 4.69) is 53.9 Å². The van der Waals surface area contributed by atoms with E-state index in [9.17, 15) is 0 Å². The van der Waals surface area contributed by atoms with E-state index in [1.54, 1.807) is 0 Å². The Balaban J connectivity index is -0.000000367. The van der Waals surface area contributed by atoms with Gasteiger partial charge in [-0.15, -0.1) is 0 Å². The number of hydrogen-bond donors (Lipinski definition) is 0. The second kappa shape index (κ2) is 25.7.